The molecule has 0 saturated carbocycles. The fourth-order valence-electron chi connectivity index (χ4n) is 2.44. The Labute approximate surface area is 181 Å². The van der Waals surface area contributed by atoms with Crippen molar-refractivity contribution in [1.82, 2.24) is 5.43 Å². The summed E-state index contributed by atoms with van der Waals surface area (Å²) in [5, 5.41) is 15.0. The van der Waals surface area contributed by atoms with E-state index >= 15 is 0 Å². The van der Waals surface area contributed by atoms with Crippen molar-refractivity contribution in [2.45, 2.75) is 13.3 Å². The van der Waals surface area contributed by atoms with E-state index in [0.29, 0.717) is 35.8 Å². The molecular formula is C20H20IN3O5. The van der Waals surface area contributed by atoms with Crippen LogP contribution in [0.1, 0.15) is 18.1 Å². The number of halogens is 1. The molecule has 0 fully saturated rings. The first-order valence-electron chi connectivity index (χ1n) is 8.70. The van der Waals surface area contributed by atoms with E-state index in [2.05, 4.69) is 39.7 Å². The van der Waals surface area contributed by atoms with Crippen molar-refractivity contribution < 1.29 is 19.2 Å². The number of rotatable bonds is 10. The fraction of sp³-hybridized carbons (Fsp3) is 0.200. The molecule has 0 aliphatic rings. The zero-order valence-corrected chi connectivity index (χ0v) is 17.9. The van der Waals surface area contributed by atoms with Gasteiger partial charge in [0.15, 0.2) is 11.5 Å². The number of nitro benzene ring substituents is 1. The summed E-state index contributed by atoms with van der Waals surface area (Å²) >= 11 is 2.13. The quantitative estimate of drug-likeness (QED) is 0.172. The molecule has 2 aromatic carbocycles. The Balaban J connectivity index is 2.08. The van der Waals surface area contributed by atoms with Gasteiger partial charge in [0.05, 0.1) is 27.7 Å². The third-order valence-electron chi connectivity index (χ3n) is 3.62. The van der Waals surface area contributed by atoms with Gasteiger partial charge in [0, 0.05) is 11.6 Å². The maximum Gasteiger partial charge on any atom is 0.273 e. The molecule has 1 N–H and O–H groups in total. The highest BCUT2D eigenvalue weighted by Gasteiger charge is 2.15. The minimum atomic E-state index is -0.515. The molecule has 0 heterocycles. The Morgan fingerprint density at radius 2 is 2.10 bits per heavy atom. The van der Waals surface area contributed by atoms with Gasteiger partial charge in [-0.1, -0.05) is 30.9 Å². The van der Waals surface area contributed by atoms with E-state index in [1.165, 1.54) is 12.3 Å². The summed E-state index contributed by atoms with van der Waals surface area (Å²) in [7, 11) is 0. The number of amides is 1. The molecule has 0 spiro atoms. The molecule has 2 aromatic rings. The number of nitrogens with one attached hydrogen (secondary N) is 1. The molecule has 29 heavy (non-hydrogen) atoms. The van der Waals surface area contributed by atoms with Crippen LogP contribution in [-0.2, 0) is 11.2 Å². The monoisotopic (exact) mass is 509 g/mol. The average molecular weight is 509 g/mol. The Kier molecular flexibility index (Phi) is 8.59. The van der Waals surface area contributed by atoms with Gasteiger partial charge in [0.2, 0.25) is 5.91 Å². The van der Waals surface area contributed by atoms with Crippen LogP contribution in [-0.4, -0.2) is 30.3 Å². The van der Waals surface area contributed by atoms with Gasteiger partial charge in [0.1, 0.15) is 6.61 Å². The number of ether oxygens (including phenoxy) is 2. The van der Waals surface area contributed by atoms with Crippen LogP contribution in [0.15, 0.2) is 54.2 Å². The number of hydrogen-bond acceptors (Lipinski definition) is 6. The molecule has 0 unspecified atom stereocenters. The fourth-order valence-corrected chi connectivity index (χ4v) is 3.22. The van der Waals surface area contributed by atoms with Crippen LogP contribution in [0, 0.1) is 13.7 Å². The third-order valence-corrected chi connectivity index (χ3v) is 4.42. The van der Waals surface area contributed by atoms with Crippen LogP contribution < -0.4 is 14.9 Å². The third kappa shape index (κ3) is 6.56. The summed E-state index contributed by atoms with van der Waals surface area (Å²) in [6.45, 7) is 6.32. The molecule has 0 aromatic heterocycles. The van der Waals surface area contributed by atoms with Crippen LogP contribution in [0.4, 0.5) is 5.69 Å². The van der Waals surface area contributed by atoms with E-state index in [4.69, 9.17) is 9.47 Å². The van der Waals surface area contributed by atoms with Crippen molar-refractivity contribution in [2.75, 3.05) is 13.2 Å². The SMILES string of the molecule is C=CCOc1c(I)cc(/C=N/NC(=O)Cc2ccccc2[N+](=O)[O-])cc1OCC. The summed E-state index contributed by atoms with van der Waals surface area (Å²) < 4.78 is 12.1. The zero-order chi connectivity index (χ0) is 21.2. The molecule has 0 saturated heterocycles. The molecule has 0 aliphatic carbocycles. The number of nitro groups is 1. The lowest BCUT2D eigenvalue weighted by Gasteiger charge is -2.13. The summed E-state index contributed by atoms with van der Waals surface area (Å²) in [6, 6.07) is 9.68. The van der Waals surface area contributed by atoms with Crippen molar-refractivity contribution in [3.8, 4) is 11.5 Å². The number of nitrogens with zero attached hydrogens (tertiary/aromatic N) is 2. The van der Waals surface area contributed by atoms with Gasteiger partial charge < -0.3 is 9.47 Å². The van der Waals surface area contributed by atoms with Gasteiger partial charge in [0.25, 0.3) is 5.69 Å². The zero-order valence-electron chi connectivity index (χ0n) is 15.8. The molecule has 2 rings (SSSR count). The van der Waals surface area contributed by atoms with Gasteiger partial charge in [-0.15, -0.1) is 0 Å². The van der Waals surface area contributed by atoms with E-state index in [-0.39, 0.29) is 12.1 Å². The number of para-hydroxylation sites is 1. The van der Waals surface area contributed by atoms with E-state index in [9.17, 15) is 14.9 Å². The lowest BCUT2D eigenvalue weighted by Crippen LogP contribution is -2.20. The molecule has 1 amide bonds. The smallest absolute Gasteiger partial charge is 0.273 e. The molecule has 0 aliphatic heterocycles. The normalized spacial score (nSPS) is 10.6. The van der Waals surface area contributed by atoms with Gasteiger partial charge in [-0.05, 0) is 47.2 Å². The summed E-state index contributed by atoms with van der Waals surface area (Å²) in [5.41, 5.74) is 3.31. The second-order valence-electron chi connectivity index (χ2n) is 5.72. The second kappa shape index (κ2) is 11.1. The molecular weight excluding hydrogens is 489 g/mol. The van der Waals surface area contributed by atoms with Gasteiger partial charge in [-0.2, -0.15) is 5.10 Å². The highest BCUT2D eigenvalue weighted by atomic mass is 127. The van der Waals surface area contributed by atoms with Gasteiger partial charge in [-0.25, -0.2) is 5.43 Å². The number of carbonyl (C=O) groups excluding carboxylic acids is 1. The largest absolute Gasteiger partial charge is 0.490 e. The van der Waals surface area contributed by atoms with Crippen molar-refractivity contribution >= 4 is 40.4 Å². The number of benzene rings is 2. The maximum atomic E-state index is 12.1. The van der Waals surface area contributed by atoms with E-state index in [1.807, 2.05) is 13.0 Å². The molecule has 0 radical (unpaired) electrons. The number of carbonyl (C=O) groups is 1. The van der Waals surface area contributed by atoms with Gasteiger partial charge >= 0.3 is 0 Å². The second-order valence-corrected chi connectivity index (χ2v) is 6.88. The van der Waals surface area contributed by atoms with Crippen LogP contribution in [0.5, 0.6) is 11.5 Å². The summed E-state index contributed by atoms with van der Waals surface area (Å²) in [5.74, 6) is 0.722. The average Bonchev–Trinajstić information content (AvgIpc) is 2.68. The number of hydrogen-bond donors (Lipinski definition) is 1. The minimum Gasteiger partial charge on any atom is -0.490 e. The van der Waals surface area contributed by atoms with Crippen molar-refractivity contribution in [2.24, 2.45) is 5.10 Å². The Morgan fingerprint density at radius 3 is 2.79 bits per heavy atom. The molecule has 0 bridgehead atoms. The lowest BCUT2D eigenvalue weighted by atomic mass is 10.1. The highest BCUT2D eigenvalue weighted by Crippen LogP contribution is 2.33. The predicted octanol–water partition coefficient (Wildman–Crippen LogP) is 3.86. The Hall–Kier alpha value is -2.95. The highest BCUT2D eigenvalue weighted by molar-refractivity contribution is 14.1. The topological polar surface area (TPSA) is 103 Å². The molecule has 0 atom stereocenters. The molecule has 9 heteroatoms. The van der Waals surface area contributed by atoms with E-state index < -0.39 is 10.8 Å². The van der Waals surface area contributed by atoms with Crippen LogP contribution >= 0.6 is 22.6 Å². The first kappa shape index (κ1) is 22.3. The number of hydrazone groups is 1. The first-order chi connectivity index (χ1) is 14.0. The first-order valence-corrected chi connectivity index (χ1v) is 9.78. The van der Waals surface area contributed by atoms with E-state index in [0.717, 1.165) is 3.57 Å². The van der Waals surface area contributed by atoms with Crippen LogP contribution in [0.25, 0.3) is 0 Å². The standard InChI is InChI=1S/C20H20IN3O5/c1-3-9-29-20-16(21)10-14(11-18(20)28-4-2)13-22-23-19(25)12-15-7-5-6-8-17(15)24(26)27/h3,5-8,10-11,13H,1,4,9,12H2,2H3,(H,23,25)/b22-13+. The van der Waals surface area contributed by atoms with E-state index in [1.54, 1.807) is 30.3 Å². The Bertz CT molecular complexity index is 930. The van der Waals surface area contributed by atoms with Crippen molar-refractivity contribution in [3.05, 3.63) is 73.9 Å². The van der Waals surface area contributed by atoms with Crippen LogP contribution in [0.3, 0.4) is 0 Å². The Morgan fingerprint density at radius 1 is 1.34 bits per heavy atom. The van der Waals surface area contributed by atoms with Crippen molar-refractivity contribution in [3.63, 3.8) is 0 Å². The minimum absolute atomic E-state index is 0.0994. The summed E-state index contributed by atoms with van der Waals surface area (Å²) in [6.07, 6.45) is 2.97. The molecule has 8 nitrogen and oxygen atoms in total. The lowest BCUT2D eigenvalue weighted by molar-refractivity contribution is -0.385. The maximum absolute atomic E-state index is 12.1. The van der Waals surface area contributed by atoms with Crippen molar-refractivity contribution in [1.29, 1.82) is 0 Å². The van der Waals surface area contributed by atoms with Gasteiger partial charge in [-0.3, -0.25) is 14.9 Å². The predicted molar refractivity (Wildman–Crippen MR) is 119 cm³/mol. The molecule has 152 valence electrons. The summed E-state index contributed by atoms with van der Waals surface area (Å²) in [4.78, 5) is 22.6. The van der Waals surface area contributed by atoms with Crippen LogP contribution in [0.2, 0.25) is 0 Å².